The molecule has 3 nitrogen and oxygen atoms in total. The van der Waals surface area contributed by atoms with Crippen molar-refractivity contribution in [3.63, 3.8) is 0 Å². The molecule has 0 radical (unpaired) electrons. The van der Waals surface area contributed by atoms with Gasteiger partial charge in [-0.1, -0.05) is 0 Å². The van der Waals surface area contributed by atoms with Gasteiger partial charge in [-0.15, -0.1) is 0 Å². The Bertz CT molecular complexity index is 282. The molecule has 0 amide bonds. The lowest BCUT2D eigenvalue weighted by atomic mass is 10.1. The molecule has 0 saturated heterocycles. The summed E-state index contributed by atoms with van der Waals surface area (Å²) in [5.74, 6) is -0.639. The molecule has 1 heterocycles. The summed E-state index contributed by atoms with van der Waals surface area (Å²) in [6.45, 7) is -0.297. The Kier molecular flexibility index (Phi) is 3.13. The molecule has 1 aromatic heterocycles. The molecule has 66 valence electrons. The van der Waals surface area contributed by atoms with E-state index in [-0.39, 0.29) is 12.2 Å². The molecule has 3 N–H and O–H groups in total. The van der Waals surface area contributed by atoms with Crippen LogP contribution in [-0.2, 0) is 0 Å². The summed E-state index contributed by atoms with van der Waals surface area (Å²) in [4.78, 5) is 3.44. The van der Waals surface area contributed by atoms with Crippen LogP contribution in [0.1, 0.15) is 11.6 Å². The molecule has 0 aliphatic rings. The van der Waals surface area contributed by atoms with Crippen LogP contribution in [0.3, 0.4) is 0 Å². The van der Waals surface area contributed by atoms with E-state index in [9.17, 15) is 4.39 Å². The van der Waals surface area contributed by atoms with Crippen molar-refractivity contribution in [2.75, 3.05) is 6.61 Å². The van der Waals surface area contributed by atoms with Gasteiger partial charge >= 0.3 is 0 Å². The minimum Gasteiger partial charge on any atom is -0.394 e. The molecular weight excluding hydrogens is 227 g/mol. The number of hydrogen-bond acceptors (Lipinski definition) is 3. The van der Waals surface area contributed by atoms with E-state index < -0.39 is 12.0 Å². The first-order valence-electron chi connectivity index (χ1n) is 3.32. The second kappa shape index (κ2) is 3.93. The molecule has 1 rings (SSSR count). The monoisotopic (exact) mass is 234 g/mol. The maximum absolute atomic E-state index is 12.9. The van der Waals surface area contributed by atoms with Crippen molar-refractivity contribution >= 4 is 15.9 Å². The fourth-order valence-electron chi connectivity index (χ4n) is 0.797. The second-order valence-electron chi connectivity index (χ2n) is 2.32. The number of aliphatic hydroxyl groups excluding tert-OH is 1. The van der Waals surface area contributed by atoms with Gasteiger partial charge in [0.1, 0.15) is 0 Å². The molecule has 1 aromatic rings. The van der Waals surface area contributed by atoms with E-state index in [0.29, 0.717) is 4.47 Å². The van der Waals surface area contributed by atoms with Crippen LogP contribution in [0.4, 0.5) is 4.39 Å². The zero-order chi connectivity index (χ0) is 9.14. The average Bonchev–Trinajstić information content (AvgIpc) is 2.08. The van der Waals surface area contributed by atoms with Crippen molar-refractivity contribution in [3.8, 4) is 0 Å². The van der Waals surface area contributed by atoms with Gasteiger partial charge in [0.15, 0.2) is 0 Å². The molecule has 0 bridgehead atoms. The molecule has 0 spiro atoms. The number of halogens is 2. The van der Waals surface area contributed by atoms with Crippen molar-refractivity contribution in [3.05, 3.63) is 28.2 Å². The Morgan fingerprint density at radius 1 is 1.75 bits per heavy atom. The fourth-order valence-corrected chi connectivity index (χ4v) is 1.15. The van der Waals surface area contributed by atoms with Crippen LogP contribution >= 0.6 is 15.9 Å². The van der Waals surface area contributed by atoms with Crippen molar-refractivity contribution in [1.29, 1.82) is 0 Å². The third-order valence-electron chi connectivity index (χ3n) is 1.43. The van der Waals surface area contributed by atoms with E-state index in [1.54, 1.807) is 0 Å². The number of aromatic nitrogens is 1. The van der Waals surface area contributed by atoms with Crippen LogP contribution in [0.5, 0.6) is 0 Å². The topological polar surface area (TPSA) is 59.1 Å². The van der Waals surface area contributed by atoms with E-state index >= 15 is 0 Å². The zero-order valence-electron chi connectivity index (χ0n) is 6.17. The highest BCUT2D eigenvalue weighted by Crippen LogP contribution is 2.17. The summed E-state index contributed by atoms with van der Waals surface area (Å²) >= 11 is 3.13. The van der Waals surface area contributed by atoms with Gasteiger partial charge in [-0.3, -0.25) is 0 Å². The van der Waals surface area contributed by atoms with Crippen LogP contribution in [0.15, 0.2) is 16.7 Å². The first-order chi connectivity index (χ1) is 5.65. The van der Waals surface area contributed by atoms with Gasteiger partial charge in [0.05, 0.1) is 12.6 Å². The largest absolute Gasteiger partial charge is 0.394 e. The molecule has 0 fully saturated rings. The molecule has 5 heteroatoms. The summed E-state index contributed by atoms with van der Waals surface area (Å²) in [6, 6.07) is 0.790. The number of nitrogens with two attached hydrogens (primary N) is 1. The van der Waals surface area contributed by atoms with Crippen molar-refractivity contribution in [2.24, 2.45) is 5.73 Å². The highest BCUT2D eigenvalue weighted by molar-refractivity contribution is 9.10. The Balaban J connectivity index is 3.04. The second-order valence-corrected chi connectivity index (χ2v) is 3.24. The molecule has 12 heavy (non-hydrogen) atoms. The van der Waals surface area contributed by atoms with E-state index in [1.807, 2.05) is 0 Å². The minimum absolute atomic E-state index is 0.215. The van der Waals surface area contributed by atoms with Gasteiger partial charge in [-0.05, 0) is 22.0 Å². The van der Waals surface area contributed by atoms with Gasteiger partial charge in [-0.25, -0.2) is 4.98 Å². The summed E-state index contributed by atoms with van der Waals surface area (Å²) < 4.78 is 13.5. The Morgan fingerprint density at radius 3 is 3.00 bits per heavy atom. The molecule has 0 aromatic carbocycles. The van der Waals surface area contributed by atoms with Gasteiger partial charge < -0.3 is 10.8 Å². The number of aliphatic hydroxyl groups is 1. The first kappa shape index (κ1) is 9.57. The smallest absolute Gasteiger partial charge is 0.217 e. The predicted octanol–water partition coefficient (Wildman–Crippen LogP) is 0.975. The fraction of sp³-hybridized carbons (Fsp3) is 0.286. The molecule has 1 atom stereocenters. The standard InChI is InChI=1S/C7H8BrFN2O/c8-4-1-5(6(10)3-12)7(9)11-2-4/h1-2,6,12H,3,10H2/t6-/m0/s1. The summed E-state index contributed by atoms with van der Waals surface area (Å²) in [5.41, 5.74) is 5.63. The maximum atomic E-state index is 12.9. The van der Waals surface area contributed by atoms with Gasteiger partial charge in [0, 0.05) is 16.2 Å². The van der Waals surface area contributed by atoms with E-state index in [1.165, 1.54) is 12.3 Å². The molecule has 0 aliphatic heterocycles. The lowest BCUT2D eigenvalue weighted by Gasteiger charge is -2.08. The van der Waals surface area contributed by atoms with Crippen LogP contribution in [0, 0.1) is 5.95 Å². The summed E-state index contributed by atoms with van der Waals surface area (Å²) in [7, 11) is 0. The molecule has 0 unspecified atom stereocenters. The maximum Gasteiger partial charge on any atom is 0.217 e. The Labute approximate surface area is 77.5 Å². The minimum atomic E-state index is -0.713. The van der Waals surface area contributed by atoms with E-state index in [2.05, 4.69) is 20.9 Å². The van der Waals surface area contributed by atoms with Gasteiger partial charge in [0.2, 0.25) is 5.95 Å². The zero-order valence-corrected chi connectivity index (χ0v) is 7.75. The summed E-state index contributed by atoms with van der Waals surface area (Å²) in [5, 5.41) is 8.67. The SMILES string of the molecule is N[C@@H](CO)c1cc(Br)cnc1F. The predicted molar refractivity (Wildman–Crippen MR) is 45.9 cm³/mol. The van der Waals surface area contributed by atoms with Crippen LogP contribution in [0.25, 0.3) is 0 Å². The van der Waals surface area contributed by atoms with E-state index in [0.717, 1.165) is 0 Å². The lowest BCUT2D eigenvalue weighted by molar-refractivity contribution is 0.264. The van der Waals surface area contributed by atoms with Crippen LogP contribution in [-0.4, -0.2) is 16.7 Å². The van der Waals surface area contributed by atoms with Crippen molar-refractivity contribution < 1.29 is 9.50 Å². The number of hydrogen-bond donors (Lipinski definition) is 2. The highest BCUT2D eigenvalue weighted by atomic mass is 79.9. The van der Waals surface area contributed by atoms with Crippen molar-refractivity contribution in [1.82, 2.24) is 4.98 Å². The first-order valence-corrected chi connectivity index (χ1v) is 4.12. The van der Waals surface area contributed by atoms with Gasteiger partial charge in [-0.2, -0.15) is 4.39 Å². The quantitative estimate of drug-likeness (QED) is 0.751. The van der Waals surface area contributed by atoms with E-state index in [4.69, 9.17) is 10.8 Å². The highest BCUT2D eigenvalue weighted by Gasteiger charge is 2.11. The lowest BCUT2D eigenvalue weighted by Crippen LogP contribution is -2.16. The Hall–Kier alpha value is -0.520. The number of pyridine rings is 1. The number of rotatable bonds is 2. The van der Waals surface area contributed by atoms with Crippen LogP contribution in [0.2, 0.25) is 0 Å². The van der Waals surface area contributed by atoms with Gasteiger partial charge in [0.25, 0.3) is 0 Å². The molecule has 0 saturated carbocycles. The van der Waals surface area contributed by atoms with Crippen LogP contribution < -0.4 is 5.73 Å². The third kappa shape index (κ3) is 2.00. The summed E-state index contributed by atoms with van der Waals surface area (Å²) in [6.07, 6.45) is 1.34. The number of nitrogens with zero attached hydrogens (tertiary/aromatic N) is 1. The third-order valence-corrected chi connectivity index (χ3v) is 1.86. The van der Waals surface area contributed by atoms with Crippen molar-refractivity contribution in [2.45, 2.75) is 6.04 Å². The normalized spacial score (nSPS) is 13.0. The molecule has 0 aliphatic carbocycles. The molecular formula is C7H8BrFN2O. The Morgan fingerprint density at radius 2 is 2.42 bits per heavy atom. The average molecular weight is 235 g/mol.